The topological polar surface area (TPSA) is 46.1 Å². The van der Waals surface area contributed by atoms with Crippen molar-refractivity contribution in [3.8, 4) is 0 Å². The molecule has 1 aliphatic heterocycles. The Balaban J connectivity index is 1.48. The Bertz CT molecular complexity index is 916. The maximum Gasteiger partial charge on any atom is 0.255 e. The quantitative estimate of drug-likeness (QED) is 0.736. The summed E-state index contributed by atoms with van der Waals surface area (Å²) in [5, 5.41) is 1.22. The SMILES string of the molecule is Cc1cncc(C(=O)N2CC[C@@H](Cc3ccnc4ccccc34)C2)c1. The third-order valence-electron chi connectivity index (χ3n) is 4.94. The molecule has 25 heavy (non-hydrogen) atoms. The van der Waals surface area contributed by atoms with E-state index in [1.54, 1.807) is 12.4 Å². The second-order valence-corrected chi connectivity index (χ2v) is 6.85. The summed E-state index contributed by atoms with van der Waals surface area (Å²) in [6.07, 6.45) is 7.35. The van der Waals surface area contributed by atoms with Gasteiger partial charge >= 0.3 is 0 Å². The number of pyridine rings is 2. The second-order valence-electron chi connectivity index (χ2n) is 6.85. The molecule has 0 bridgehead atoms. The number of likely N-dealkylation sites (tertiary alicyclic amines) is 1. The van der Waals surface area contributed by atoms with Crippen LogP contribution < -0.4 is 0 Å². The molecule has 0 N–H and O–H groups in total. The first kappa shape index (κ1) is 15.8. The molecular weight excluding hydrogens is 310 g/mol. The Morgan fingerprint density at radius 1 is 1.24 bits per heavy atom. The molecule has 0 saturated carbocycles. The van der Waals surface area contributed by atoms with Gasteiger partial charge in [-0.2, -0.15) is 0 Å². The van der Waals surface area contributed by atoms with Crippen molar-refractivity contribution in [2.45, 2.75) is 19.8 Å². The lowest BCUT2D eigenvalue weighted by atomic mass is 9.96. The van der Waals surface area contributed by atoms with Gasteiger partial charge in [0.15, 0.2) is 0 Å². The fourth-order valence-corrected chi connectivity index (χ4v) is 3.68. The third kappa shape index (κ3) is 3.25. The van der Waals surface area contributed by atoms with Crippen molar-refractivity contribution in [3.05, 3.63) is 71.7 Å². The number of carbonyl (C=O) groups is 1. The van der Waals surface area contributed by atoms with Crippen LogP contribution in [0.25, 0.3) is 10.9 Å². The van der Waals surface area contributed by atoms with Crippen LogP contribution in [-0.4, -0.2) is 33.9 Å². The highest BCUT2D eigenvalue weighted by Crippen LogP contribution is 2.25. The fourth-order valence-electron chi connectivity index (χ4n) is 3.68. The summed E-state index contributed by atoms with van der Waals surface area (Å²) < 4.78 is 0. The maximum absolute atomic E-state index is 12.7. The molecule has 2 aromatic heterocycles. The molecule has 3 aromatic rings. The van der Waals surface area contributed by atoms with Crippen molar-refractivity contribution in [1.82, 2.24) is 14.9 Å². The summed E-state index contributed by atoms with van der Waals surface area (Å²) in [5.41, 5.74) is 4.07. The van der Waals surface area contributed by atoms with Gasteiger partial charge in [0.05, 0.1) is 11.1 Å². The van der Waals surface area contributed by atoms with Crippen LogP contribution in [0.2, 0.25) is 0 Å². The Kier molecular flexibility index (Phi) is 4.18. The maximum atomic E-state index is 12.7. The van der Waals surface area contributed by atoms with Crippen molar-refractivity contribution in [2.24, 2.45) is 5.92 Å². The molecule has 126 valence electrons. The first-order valence-electron chi connectivity index (χ1n) is 8.74. The molecule has 0 unspecified atom stereocenters. The summed E-state index contributed by atoms with van der Waals surface area (Å²) >= 11 is 0. The van der Waals surface area contributed by atoms with Gasteiger partial charge in [-0.3, -0.25) is 14.8 Å². The number of benzene rings is 1. The summed E-state index contributed by atoms with van der Waals surface area (Å²) in [6.45, 7) is 3.59. The van der Waals surface area contributed by atoms with Gasteiger partial charge in [0, 0.05) is 37.1 Å². The minimum atomic E-state index is 0.0956. The van der Waals surface area contributed by atoms with E-state index in [-0.39, 0.29) is 5.91 Å². The van der Waals surface area contributed by atoms with Crippen molar-refractivity contribution in [3.63, 3.8) is 0 Å². The minimum Gasteiger partial charge on any atom is -0.338 e. The molecule has 3 heterocycles. The van der Waals surface area contributed by atoms with Gasteiger partial charge in [-0.15, -0.1) is 0 Å². The van der Waals surface area contributed by atoms with Crippen LogP contribution in [0.5, 0.6) is 0 Å². The molecule has 1 saturated heterocycles. The van der Waals surface area contributed by atoms with Crippen molar-refractivity contribution in [1.29, 1.82) is 0 Å². The lowest BCUT2D eigenvalue weighted by Gasteiger charge is -2.17. The average molecular weight is 331 g/mol. The van der Waals surface area contributed by atoms with Crippen LogP contribution >= 0.6 is 0 Å². The monoisotopic (exact) mass is 331 g/mol. The van der Waals surface area contributed by atoms with E-state index in [9.17, 15) is 4.79 Å². The number of carbonyl (C=O) groups excluding carboxylic acids is 1. The van der Waals surface area contributed by atoms with Gasteiger partial charge in [0.25, 0.3) is 5.91 Å². The van der Waals surface area contributed by atoms with Crippen LogP contribution in [0.15, 0.2) is 55.0 Å². The third-order valence-corrected chi connectivity index (χ3v) is 4.94. The highest BCUT2D eigenvalue weighted by atomic mass is 16.2. The number of hydrogen-bond donors (Lipinski definition) is 0. The molecule has 4 heteroatoms. The molecule has 1 aliphatic rings. The highest BCUT2D eigenvalue weighted by Gasteiger charge is 2.27. The van der Waals surface area contributed by atoms with E-state index in [2.05, 4.69) is 28.2 Å². The molecule has 1 atom stereocenters. The van der Waals surface area contributed by atoms with Gasteiger partial charge < -0.3 is 4.90 Å². The van der Waals surface area contributed by atoms with E-state index in [0.717, 1.165) is 37.0 Å². The number of para-hydroxylation sites is 1. The molecule has 1 aromatic carbocycles. The zero-order valence-corrected chi connectivity index (χ0v) is 14.4. The van der Waals surface area contributed by atoms with Gasteiger partial charge in [-0.25, -0.2) is 0 Å². The lowest BCUT2D eigenvalue weighted by molar-refractivity contribution is 0.0786. The second kappa shape index (κ2) is 6.63. The van der Waals surface area contributed by atoms with E-state index in [1.165, 1.54) is 10.9 Å². The standard InChI is InChI=1S/C21H21N3O/c1-15-10-18(13-22-12-15)21(25)24-9-7-16(14-24)11-17-6-8-23-20-5-3-2-4-19(17)20/h2-6,8,10,12-13,16H,7,9,11,14H2,1H3/t16-/m0/s1. The Labute approximate surface area is 147 Å². The molecule has 4 rings (SSSR count). The van der Waals surface area contributed by atoms with Gasteiger partial charge in [0.2, 0.25) is 0 Å². The Hall–Kier alpha value is -2.75. The van der Waals surface area contributed by atoms with E-state index in [4.69, 9.17) is 0 Å². The largest absolute Gasteiger partial charge is 0.338 e. The molecule has 0 radical (unpaired) electrons. The average Bonchev–Trinajstić information content (AvgIpc) is 3.10. The minimum absolute atomic E-state index is 0.0956. The number of amides is 1. The van der Waals surface area contributed by atoms with Gasteiger partial charge in [-0.05, 0) is 55.0 Å². The predicted molar refractivity (Wildman–Crippen MR) is 98.4 cm³/mol. The number of fused-ring (bicyclic) bond motifs is 1. The van der Waals surface area contributed by atoms with E-state index in [0.29, 0.717) is 11.5 Å². The van der Waals surface area contributed by atoms with Crippen LogP contribution in [0, 0.1) is 12.8 Å². The highest BCUT2D eigenvalue weighted by molar-refractivity contribution is 5.94. The molecule has 0 aliphatic carbocycles. The lowest BCUT2D eigenvalue weighted by Crippen LogP contribution is -2.29. The summed E-state index contributed by atoms with van der Waals surface area (Å²) in [6, 6.07) is 12.3. The smallest absolute Gasteiger partial charge is 0.255 e. The summed E-state index contributed by atoms with van der Waals surface area (Å²) in [7, 11) is 0. The first-order chi connectivity index (χ1) is 12.2. The molecular formula is C21H21N3O. The molecule has 1 amide bonds. The fraction of sp³-hybridized carbons (Fsp3) is 0.286. The van der Waals surface area contributed by atoms with E-state index in [1.807, 2.05) is 36.2 Å². The van der Waals surface area contributed by atoms with Crippen molar-refractivity contribution < 1.29 is 4.79 Å². The van der Waals surface area contributed by atoms with Crippen molar-refractivity contribution in [2.75, 3.05) is 13.1 Å². The number of rotatable bonds is 3. The van der Waals surface area contributed by atoms with Gasteiger partial charge in [0.1, 0.15) is 0 Å². The predicted octanol–water partition coefficient (Wildman–Crippen LogP) is 3.64. The molecule has 1 fully saturated rings. The molecule has 4 nitrogen and oxygen atoms in total. The summed E-state index contributed by atoms with van der Waals surface area (Å²) in [5.74, 6) is 0.589. The van der Waals surface area contributed by atoms with Crippen LogP contribution in [-0.2, 0) is 6.42 Å². The van der Waals surface area contributed by atoms with Crippen LogP contribution in [0.1, 0.15) is 27.9 Å². The number of hydrogen-bond acceptors (Lipinski definition) is 3. The number of aryl methyl sites for hydroxylation is 1. The van der Waals surface area contributed by atoms with E-state index < -0.39 is 0 Å². The number of nitrogens with zero attached hydrogens (tertiary/aromatic N) is 3. The van der Waals surface area contributed by atoms with E-state index >= 15 is 0 Å². The number of aromatic nitrogens is 2. The summed E-state index contributed by atoms with van der Waals surface area (Å²) in [4.78, 5) is 23.2. The zero-order valence-electron chi connectivity index (χ0n) is 14.4. The molecule has 0 spiro atoms. The van der Waals surface area contributed by atoms with Crippen LogP contribution in [0.3, 0.4) is 0 Å². The van der Waals surface area contributed by atoms with Gasteiger partial charge in [-0.1, -0.05) is 18.2 Å². The zero-order chi connectivity index (χ0) is 17.2. The van der Waals surface area contributed by atoms with Crippen LogP contribution in [0.4, 0.5) is 0 Å². The first-order valence-corrected chi connectivity index (χ1v) is 8.74. The Morgan fingerprint density at radius 2 is 2.12 bits per heavy atom. The normalized spacial score (nSPS) is 17.2. The van der Waals surface area contributed by atoms with Crippen molar-refractivity contribution >= 4 is 16.8 Å². The Morgan fingerprint density at radius 3 is 3.00 bits per heavy atom.